The lowest BCUT2D eigenvalue weighted by molar-refractivity contribution is -0.123. The molecule has 8 heteroatoms. The molecule has 0 aliphatic heterocycles. The van der Waals surface area contributed by atoms with Crippen molar-refractivity contribution in [2.24, 2.45) is 0 Å². The standard InChI is InChI=1S/C20H26N2O5S/c1-3-5-14-21-20(23)15-27-18-10-12-19(13-11-18)28(24,25)22-16-6-8-17(9-7-16)26-4-2/h6-13,22H,3-5,14-15H2,1-2H3,(H,21,23). The number of rotatable bonds is 11. The number of carbonyl (C=O) groups is 1. The number of nitrogens with one attached hydrogen (secondary N) is 2. The summed E-state index contributed by atoms with van der Waals surface area (Å²) in [7, 11) is -3.73. The van der Waals surface area contributed by atoms with Gasteiger partial charge in [-0.15, -0.1) is 0 Å². The SMILES string of the molecule is CCCCNC(=O)COc1ccc(S(=O)(=O)Nc2ccc(OCC)cc2)cc1. The van der Waals surface area contributed by atoms with Crippen molar-refractivity contribution in [3.05, 3.63) is 48.5 Å². The zero-order valence-corrected chi connectivity index (χ0v) is 16.9. The minimum Gasteiger partial charge on any atom is -0.494 e. The third-order valence-electron chi connectivity index (χ3n) is 3.77. The Bertz CT molecular complexity index is 849. The Balaban J connectivity index is 1.92. The van der Waals surface area contributed by atoms with Crippen LogP contribution in [0.25, 0.3) is 0 Å². The molecule has 1 amide bonds. The molecular weight excluding hydrogens is 380 g/mol. The van der Waals surface area contributed by atoms with E-state index in [1.54, 1.807) is 24.3 Å². The van der Waals surface area contributed by atoms with Gasteiger partial charge >= 0.3 is 0 Å². The first-order valence-electron chi connectivity index (χ1n) is 9.20. The Hall–Kier alpha value is -2.74. The van der Waals surface area contributed by atoms with Crippen molar-refractivity contribution in [3.63, 3.8) is 0 Å². The fraction of sp³-hybridized carbons (Fsp3) is 0.350. The lowest BCUT2D eigenvalue weighted by Gasteiger charge is -2.10. The first kappa shape index (κ1) is 21.6. The second kappa shape index (κ2) is 10.6. The molecule has 0 aliphatic rings. The van der Waals surface area contributed by atoms with Crippen molar-refractivity contribution < 1.29 is 22.7 Å². The minimum atomic E-state index is -3.73. The molecule has 0 radical (unpaired) electrons. The summed E-state index contributed by atoms with van der Waals surface area (Å²) in [4.78, 5) is 11.7. The number of carbonyl (C=O) groups excluding carboxylic acids is 1. The van der Waals surface area contributed by atoms with Gasteiger partial charge in [-0.25, -0.2) is 8.42 Å². The molecule has 2 rings (SSSR count). The van der Waals surface area contributed by atoms with Crippen LogP contribution in [0.1, 0.15) is 26.7 Å². The normalized spacial score (nSPS) is 10.9. The van der Waals surface area contributed by atoms with Crippen molar-refractivity contribution in [2.75, 3.05) is 24.5 Å². The molecule has 0 aliphatic carbocycles. The monoisotopic (exact) mass is 406 g/mol. The van der Waals surface area contributed by atoms with Gasteiger partial charge in [0, 0.05) is 12.2 Å². The van der Waals surface area contributed by atoms with E-state index in [9.17, 15) is 13.2 Å². The molecule has 152 valence electrons. The van der Waals surface area contributed by atoms with E-state index in [2.05, 4.69) is 10.0 Å². The predicted molar refractivity (Wildman–Crippen MR) is 108 cm³/mol. The number of ether oxygens (including phenoxy) is 2. The average Bonchev–Trinajstić information content (AvgIpc) is 2.68. The third-order valence-corrected chi connectivity index (χ3v) is 5.17. The molecule has 0 spiro atoms. The molecule has 7 nitrogen and oxygen atoms in total. The number of anilines is 1. The first-order chi connectivity index (χ1) is 13.4. The molecule has 0 unspecified atom stereocenters. The van der Waals surface area contributed by atoms with Gasteiger partial charge in [-0.3, -0.25) is 9.52 Å². The highest BCUT2D eigenvalue weighted by Crippen LogP contribution is 2.21. The number of unbranched alkanes of at least 4 members (excludes halogenated alkanes) is 1. The summed E-state index contributed by atoms with van der Waals surface area (Å²) in [5, 5.41) is 2.75. The van der Waals surface area contributed by atoms with Crippen molar-refractivity contribution >= 4 is 21.6 Å². The van der Waals surface area contributed by atoms with Gasteiger partial charge in [-0.1, -0.05) is 13.3 Å². The Morgan fingerprint density at radius 3 is 2.14 bits per heavy atom. The average molecular weight is 407 g/mol. The van der Waals surface area contributed by atoms with Gasteiger partial charge < -0.3 is 14.8 Å². The zero-order chi connectivity index (χ0) is 20.4. The van der Waals surface area contributed by atoms with Crippen LogP contribution in [0.4, 0.5) is 5.69 Å². The largest absolute Gasteiger partial charge is 0.494 e. The summed E-state index contributed by atoms with van der Waals surface area (Å²) in [6, 6.07) is 12.6. The highest BCUT2D eigenvalue weighted by Gasteiger charge is 2.14. The van der Waals surface area contributed by atoms with Crippen LogP contribution in [0.5, 0.6) is 11.5 Å². The maximum Gasteiger partial charge on any atom is 0.261 e. The second-order valence-corrected chi connectivity index (χ2v) is 7.71. The van der Waals surface area contributed by atoms with E-state index in [-0.39, 0.29) is 17.4 Å². The van der Waals surface area contributed by atoms with Crippen LogP contribution in [0.3, 0.4) is 0 Å². The van der Waals surface area contributed by atoms with E-state index in [1.165, 1.54) is 24.3 Å². The van der Waals surface area contributed by atoms with Crippen LogP contribution < -0.4 is 19.5 Å². The minimum absolute atomic E-state index is 0.0983. The van der Waals surface area contributed by atoms with Crippen LogP contribution in [-0.2, 0) is 14.8 Å². The molecule has 0 heterocycles. The van der Waals surface area contributed by atoms with E-state index in [4.69, 9.17) is 9.47 Å². The fourth-order valence-electron chi connectivity index (χ4n) is 2.32. The van der Waals surface area contributed by atoms with Gasteiger partial charge in [-0.2, -0.15) is 0 Å². The lowest BCUT2D eigenvalue weighted by atomic mass is 10.3. The van der Waals surface area contributed by atoms with E-state index in [0.717, 1.165) is 12.8 Å². The molecule has 0 saturated heterocycles. The van der Waals surface area contributed by atoms with Gasteiger partial charge in [-0.05, 0) is 61.9 Å². The molecular formula is C20H26N2O5S. The molecule has 2 aromatic rings. The lowest BCUT2D eigenvalue weighted by Crippen LogP contribution is -2.29. The molecule has 2 N–H and O–H groups in total. The summed E-state index contributed by atoms with van der Waals surface area (Å²) in [5.41, 5.74) is 0.438. The van der Waals surface area contributed by atoms with Crippen LogP contribution in [0.15, 0.2) is 53.4 Å². The smallest absolute Gasteiger partial charge is 0.261 e. The van der Waals surface area contributed by atoms with Crippen LogP contribution in [-0.4, -0.2) is 34.1 Å². The topological polar surface area (TPSA) is 93.7 Å². The summed E-state index contributed by atoms with van der Waals surface area (Å²) in [6.45, 7) is 4.97. The number of benzene rings is 2. The molecule has 0 atom stereocenters. The molecule has 0 bridgehead atoms. The van der Waals surface area contributed by atoms with Crippen LogP contribution in [0.2, 0.25) is 0 Å². The van der Waals surface area contributed by atoms with Crippen molar-refractivity contribution in [2.45, 2.75) is 31.6 Å². The van der Waals surface area contributed by atoms with Crippen molar-refractivity contribution in [3.8, 4) is 11.5 Å². The quantitative estimate of drug-likeness (QED) is 0.559. The van der Waals surface area contributed by atoms with Crippen LogP contribution >= 0.6 is 0 Å². The summed E-state index contributed by atoms with van der Waals surface area (Å²) >= 11 is 0. The molecule has 0 saturated carbocycles. The summed E-state index contributed by atoms with van der Waals surface area (Å²) in [6.07, 6.45) is 1.92. The van der Waals surface area contributed by atoms with E-state index >= 15 is 0 Å². The highest BCUT2D eigenvalue weighted by molar-refractivity contribution is 7.92. The van der Waals surface area contributed by atoms with Gasteiger partial charge in [0.2, 0.25) is 0 Å². The maximum atomic E-state index is 12.5. The molecule has 0 fully saturated rings. The van der Waals surface area contributed by atoms with Crippen molar-refractivity contribution in [1.82, 2.24) is 5.32 Å². The molecule has 28 heavy (non-hydrogen) atoms. The number of amides is 1. The fourth-order valence-corrected chi connectivity index (χ4v) is 3.38. The number of hydrogen-bond donors (Lipinski definition) is 2. The Labute approximate surface area is 166 Å². The third kappa shape index (κ3) is 6.77. The van der Waals surface area contributed by atoms with Crippen molar-refractivity contribution in [1.29, 1.82) is 0 Å². The van der Waals surface area contributed by atoms with Gasteiger partial charge in [0.05, 0.1) is 11.5 Å². The van der Waals surface area contributed by atoms with E-state index in [1.807, 2.05) is 13.8 Å². The van der Waals surface area contributed by atoms with Gasteiger partial charge in [0.15, 0.2) is 6.61 Å². The molecule has 2 aromatic carbocycles. The highest BCUT2D eigenvalue weighted by atomic mass is 32.2. The predicted octanol–water partition coefficient (Wildman–Crippen LogP) is 3.18. The summed E-state index contributed by atoms with van der Waals surface area (Å²) < 4.78 is 38.2. The number of sulfonamides is 1. The van der Waals surface area contributed by atoms with Gasteiger partial charge in [0.25, 0.3) is 15.9 Å². The number of hydrogen-bond acceptors (Lipinski definition) is 5. The second-order valence-electron chi connectivity index (χ2n) is 6.03. The zero-order valence-electron chi connectivity index (χ0n) is 16.1. The molecule has 0 aromatic heterocycles. The van der Waals surface area contributed by atoms with Gasteiger partial charge in [0.1, 0.15) is 11.5 Å². The van der Waals surface area contributed by atoms with E-state index < -0.39 is 10.0 Å². The Kier molecular flexibility index (Phi) is 8.13. The Morgan fingerprint density at radius 2 is 1.54 bits per heavy atom. The van der Waals surface area contributed by atoms with Crippen LogP contribution in [0, 0.1) is 0 Å². The van der Waals surface area contributed by atoms with E-state index in [0.29, 0.717) is 30.3 Å². The maximum absolute atomic E-state index is 12.5. The summed E-state index contributed by atoms with van der Waals surface area (Å²) in [5.74, 6) is 0.888. The Morgan fingerprint density at radius 1 is 0.929 bits per heavy atom. The first-order valence-corrected chi connectivity index (χ1v) is 10.7.